The lowest BCUT2D eigenvalue weighted by molar-refractivity contribution is -0.189. The van der Waals surface area contributed by atoms with Gasteiger partial charge in [0.15, 0.2) is 6.10 Å². The van der Waals surface area contributed by atoms with Gasteiger partial charge in [-0.3, -0.25) is 9.69 Å². The highest BCUT2D eigenvalue weighted by atomic mass is 35.5. The van der Waals surface area contributed by atoms with E-state index in [0.717, 1.165) is 31.0 Å². The first-order chi connectivity index (χ1) is 17.1. The molecule has 2 heterocycles. The number of halogens is 4. The van der Waals surface area contributed by atoms with E-state index >= 15 is 0 Å². The highest BCUT2D eigenvalue weighted by Gasteiger charge is 2.38. The monoisotopic (exact) mass is 525 g/mol. The molecule has 10 heteroatoms. The van der Waals surface area contributed by atoms with E-state index in [4.69, 9.17) is 25.8 Å². The summed E-state index contributed by atoms with van der Waals surface area (Å²) in [6, 6.07) is 10.00. The number of rotatable bonds is 8. The van der Waals surface area contributed by atoms with E-state index in [1.807, 2.05) is 12.1 Å². The van der Waals surface area contributed by atoms with Crippen molar-refractivity contribution in [3.8, 4) is 17.2 Å². The molecule has 2 aliphatic rings. The highest BCUT2D eigenvalue weighted by Crippen LogP contribution is 2.33. The molecule has 2 aliphatic heterocycles. The second-order valence-electron chi connectivity index (χ2n) is 9.06. The Balaban J connectivity index is 1.34. The van der Waals surface area contributed by atoms with Crippen molar-refractivity contribution >= 4 is 23.6 Å². The number of carbonyl (C=O) groups is 1. The lowest BCUT2D eigenvalue weighted by Crippen LogP contribution is -2.40. The summed E-state index contributed by atoms with van der Waals surface area (Å²) in [6.45, 7) is 3.59. The molecule has 0 unspecified atom stereocenters. The molecule has 0 amide bonds. The average molecular weight is 526 g/mol. The third kappa shape index (κ3) is 6.64. The molecule has 0 radical (unpaired) electrons. The zero-order chi connectivity index (χ0) is 25.9. The van der Waals surface area contributed by atoms with Crippen molar-refractivity contribution in [2.45, 2.75) is 38.7 Å². The zero-order valence-electron chi connectivity index (χ0n) is 19.7. The first-order valence-electron chi connectivity index (χ1n) is 11.6. The number of ether oxygens (including phenoxy) is 3. The first kappa shape index (κ1) is 26.2. The predicted molar refractivity (Wildman–Crippen MR) is 129 cm³/mol. The van der Waals surface area contributed by atoms with E-state index in [-0.39, 0.29) is 23.3 Å². The summed E-state index contributed by atoms with van der Waals surface area (Å²) in [5.41, 5.74) is 2.67. The molecule has 2 aromatic rings. The maximum atomic E-state index is 12.7. The van der Waals surface area contributed by atoms with Crippen molar-refractivity contribution in [3.63, 3.8) is 0 Å². The van der Waals surface area contributed by atoms with Gasteiger partial charge in [-0.1, -0.05) is 17.7 Å². The minimum atomic E-state index is -4.48. The number of carboxylic acid groups (broad SMARTS) is 1. The van der Waals surface area contributed by atoms with Crippen LogP contribution in [0.3, 0.4) is 0 Å². The zero-order valence-corrected chi connectivity index (χ0v) is 20.4. The van der Waals surface area contributed by atoms with Crippen LogP contribution in [-0.2, 0) is 11.4 Å². The number of nitrogens with zero attached hydrogens (tertiary/aromatic N) is 1. The average Bonchev–Trinajstić information content (AvgIpc) is 2.83. The Morgan fingerprint density at radius 2 is 2.08 bits per heavy atom. The Labute approximate surface area is 212 Å². The molecular formula is C26H27ClF3NO5. The Kier molecular flexibility index (Phi) is 8.00. The summed E-state index contributed by atoms with van der Waals surface area (Å²) in [5, 5.41) is 9.36. The number of piperidine rings is 1. The van der Waals surface area contributed by atoms with Gasteiger partial charge in [-0.2, -0.15) is 13.2 Å². The molecule has 6 nitrogen and oxygen atoms in total. The summed E-state index contributed by atoms with van der Waals surface area (Å²) in [7, 11) is 0. The van der Waals surface area contributed by atoms with Crippen molar-refractivity contribution in [2.75, 3.05) is 26.2 Å². The number of hydrogen-bond donors (Lipinski definition) is 1. The topological polar surface area (TPSA) is 68.2 Å². The fourth-order valence-electron chi connectivity index (χ4n) is 4.21. The normalized spacial score (nSPS) is 19.0. The Hall–Kier alpha value is -2.91. The van der Waals surface area contributed by atoms with Crippen LogP contribution in [-0.4, -0.2) is 54.5 Å². The number of alkyl halides is 3. The van der Waals surface area contributed by atoms with Crippen LogP contribution in [0.4, 0.5) is 13.2 Å². The Bertz CT molecular complexity index is 1140. The molecule has 1 N–H and O–H groups in total. The van der Waals surface area contributed by atoms with Crippen LogP contribution in [0.15, 0.2) is 42.0 Å². The van der Waals surface area contributed by atoms with Crippen molar-refractivity contribution in [1.29, 1.82) is 0 Å². The largest absolute Gasteiger partial charge is 0.489 e. The van der Waals surface area contributed by atoms with Gasteiger partial charge in [0, 0.05) is 24.7 Å². The van der Waals surface area contributed by atoms with Crippen LogP contribution >= 0.6 is 11.6 Å². The molecule has 0 saturated carbocycles. The van der Waals surface area contributed by atoms with Gasteiger partial charge in [-0.05, 0) is 67.8 Å². The lowest BCUT2D eigenvalue weighted by Gasteiger charge is -2.32. The van der Waals surface area contributed by atoms with Crippen LogP contribution in [0.2, 0.25) is 5.02 Å². The van der Waals surface area contributed by atoms with Crippen molar-refractivity contribution in [2.24, 2.45) is 5.92 Å². The van der Waals surface area contributed by atoms with Crippen LogP contribution in [0.1, 0.15) is 30.9 Å². The number of aliphatic carboxylic acids is 1. The van der Waals surface area contributed by atoms with Gasteiger partial charge in [0.1, 0.15) is 30.5 Å². The molecule has 1 saturated heterocycles. The van der Waals surface area contributed by atoms with Gasteiger partial charge < -0.3 is 19.3 Å². The number of carboxylic acids is 1. The molecular weight excluding hydrogens is 499 g/mol. The first-order valence-corrected chi connectivity index (χ1v) is 12.0. The van der Waals surface area contributed by atoms with Gasteiger partial charge in [0.25, 0.3) is 0 Å². The van der Waals surface area contributed by atoms with Crippen LogP contribution in [0, 0.1) is 5.92 Å². The van der Waals surface area contributed by atoms with E-state index in [2.05, 4.69) is 11.0 Å². The van der Waals surface area contributed by atoms with Crippen molar-refractivity contribution in [3.05, 3.63) is 58.1 Å². The standard InChI is InChI=1S/C26H27ClF3NO5/c1-16(26(28,29)30)36-23-7-4-17(10-22(23)27)14-34-21-6-5-19-9-18(15-35-24(19)11-21)12-31-8-2-3-20(13-31)25(32)33/h4-7,9-11,16,20H,2-3,8,12-15H2,1H3,(H,32,33)/t16-,20+/m0/s1. The third-order valence-corrected chi connectivity index (χ3v) is 6.50. The van der Waals surface area contributed by atoms with E-state index in [1.54, 1.807) is 12.1 Å². The highest BCUT2D eigenvalue weighted by molar-refractivity contribution is 6.32. The molecule has 0 aromatic heterocycles. The second-order valence-corrected chi connectivity index (χ2v) is 9.47. The maximum Gasteiger partial charge on any atom is 0.425 e. The smallest absolute Gasteiger partial charge is 0.425 e. The number of likely N-dealkylation sites (tertiary alicyclic amines) is 1. The lowest BCUT2D eigenvalue weighted by atomic mass is 9.97. The molecule has 0 bridgehead atoms. The third-order valence-electron chi connectivity index (χ3n) is 6.21. The molecule has 2 aromatic carbocycles. The van der Waals surface area contributed by atoms with Crippen LogP contribution in [0.5, 0.6) is 17.2 Å². The SMILES string of the molecule is C[C@H](Oc1ccc(COc2ccc3c(c2)OCC(CN2CCC[C@@H](C(=O)O)C2)=C3)cc1Cl)C(F)(F)F. The maximum absolute atomic E-state index is 12.7. The molecule has 0 aliphatic carbocycles. The van der Waals surface area contributed by atoms with Crippen LogP contribution < -0.4 is 14.2 Å². The van der Waals surface area contributed by atoms with Crippen LogP contribution in [0.25, 0.3) is 6.08 Å². The number of fused-ring (bicyclic) bond motifs is 1. The minimum Gasteiger partial charge on any atom is -0.489 e. The second kappa shape index (κ2) is 11.0. The van der Waals surface area contributed by atoms with E-state index in [9.17, 15) is 23.1 Å². The summed E-state index contributed by atoms with van der Waals surface area (Å²) >= 11 is 6.10. The molecule has 0 spiro atoms. The summed E-state index contributed by atoms with van der Waals surface area (Å²) in [6.07, 6.45) is -2.80. The predicted octanol–water partition coefficient (Wildman–Crippen LogP) is 5.82. The van der Waals surface area contributed by atoms with Gasteiger partial charge in [-0.25, -0.2) is 0 Å². The van der Waals surface area contributed by atoms with E-state index in [0.29, 0.717) is 43.2 Å². The van der Waals surface area contributed by atoms with E-state index < -0.39 is 18.2 Å². The molecule has 2 atom stereocenters. The molecule has 4 rings (SSSR count). The Morgan fingerprint density at radius 1 is 1.28 bits per heavy atom. The summed E-state index contributed by atoms with van der Waals surface area (Å²) in [4.78, 5) is 13.5. The molecule has 36 heavy (non-hydrogen) atoms. The number of benzene rings is 2. The van der Waals surface area contributed by atoms with Gasteiger partial charge in [-0.15, -0.1) is 0 Å². The van der Waals surface area contributed by atoms with Crippen molar-refractivity contribution < 1.29 is 37.3 Å². The van der Waals surface area contributed by atoms with Gasteiger partial charge in [0.2, 0.25) is 0 Å². The summed E-state index contributed by atoms with van der Waals surface area (Å²) < 4.78 is 54.8. The number of hydrogen-bond acceptors (Lipinski definition) is 5. The fourth-order valence-corrected chi connectivity index (χ4v) is 4.46. The summed E-state index contributed by atoms with van der Waals surface area (Å²) in [5.74, 6) is 0.152. The van der Waals surface area contributed by atoms with Crippen molar-refractivity contribution in [1.82, 2.24) is 4.90 Å². The Morgan fingerprint density at radius 3 is 2.81 bits per heavy atom. The van der Waals surface area contributed by atoms with Gasteiger partial charge >= 0.3 is 12.1 Å². The minimum absolute atomic E-state index is 0.0435. The molecule has 1 fully saturated rings. The van der Waals surface area contributed by atoms with E-state index in [1.165, 1.54) is 12.1 Å². The quantitative estimate of drug-likeness (QED) is 0.468. The molecule has 194 valence electrons. The fraction of sp³-hybridized carbons (Fsp3) is 0.423. The van der Waals surface area contributed by atoms with Gasteiger partial charge in [0.05, 0.1) is 10.9 Å².